The molecule has 0 unspecified atom stereocenters. The maximum atomic E-state index is 13.8. The fourth-order valence-electron chi connectivity index (χ4n) is 3.07. The molecular formula is C17H13BrFN3O2S. The Bertz CT molecular complexity index is 1060. The van der Waals surface area contributed by atoms with E-state index in [0.29, 0.717) is 9.86 Å². The Kier molecular flexibility index (Phi) is 4.16. The van der Waals surface area contributed by atoms with Crippen LogP contribution in [-0.2, 0) is 24.2 Å². The number of fused-ring (bicyclic) bond motifs is 3. The Balaban J connectivity index is 1.61. The standard InChI is InChI=1S/C17H13BrFN3O2S/c18-9-4-5-12(11(19)6-9)21-14(23)7-22-8-20-16-15(17(22)24)10-2-1-3-13(10)25-16/h4-6,8H,1-3,7H2,(H,21,23). The Morgan fingerprint density at radius 2 is 2.24 bits per heavy atom. The van der Waals surface area contributed by atoms with Gasteiger partial charge >= 0.3 is 0 Å². The number of anilines is 1. The van der Waals surface area contributed by atoms with Crippen molar-refractivity contribution in [2.45, 2.75) is 25.8 Å². The minimum absolute atomic E-state index is 0.0757. The van der Waals surface area contributed by atoms with Crippen LogP contribution < -0.4 is 10.9 Å². The first-order chi connectivity index (χ1) is 12.0. The number of hydrogen-bond acceptors (Lipinski definition) is 4. The molecule has 5 nitrogen and oxygen atoms in total. The lowest BCUT2D eigenvalue weighted by molar-refractivity contribution is -0.116. The van der Waals surface area contributed by atoms with E-state index in [0.717, 1.165) is 29.7 Å². The van der Waals surface area contributed by atoms with Crippen molar-refractivity contribution >= 4 is 49.1 Å². The van der Waals surface area contributed by atoms with Crippen LogP contribution in [0.25, 0.3) is 10.2 Å². The molecule has 2 heterocycles. The number of aryl methyl sites for hydroxylation is 2. The number of carbonyl (C=O) groups excluding carboxylic acids is 1. The molecule has 25 heavy (non-hydrogen) atoms. The van der Waals surface area contributed by atoms with Gasteiger partial charge in [0.2, 0.25) is 5.91 Å². The number of carbonyl (C=O) groups is 1. The van der Waals surface area contributed by atoms with Crippen molar-refractivity contribution in [1.82, 2.24) is 9.55 Å². The predicted molar refractivity (Wildman–Crippen MR) is 98.6 cm³/mol. The largest absolute Gasteiger partial charge is 0.322 e. The van der Waals surface area contributed by atoms with Gasteiger partial charge in [-0.05, 0) is 43.0 Å². The molecule has 0 spiro atoms. The number of amides is 1. The fourth-order valence-corrected chi connectivity index (χ4v) is 4.62. The zero-order valence-electron chi connectivity index (χ0n) is 13.0. The van der Waals surface area contributed by atoms with Crippen LogP contribution in [0.5, 0.6) is 0 Å². The SMILES string of the molecule is O=C(Cn1cnc2sc3c(c2c1=O)CCC3)Nc1ccc(Br)cc1F. The third kappa shape index (κ3) is 3.00. The minimum atomic E-state index is -0.542. The molecule has 0 fully saturated rings. The number of nitrogens with one attached hydrogen (secondary N) is 1. The first-order valence-electron chi connectivity index (χ1n) is 7.77. The summed E-state index contributed by atoms with van der Waals surface area (Å²) in [5.41, 5.74) is 0.939. The van der Waals surface area contributed by atoms with Gasteiger partial charge in [0.25, 0.3) is 5.56 Å². The van der Waals surface area contributed by atoms with Gasteiger partial charge in [-0.1, -0.05) is 15.9 Å². The maximum absolute atomic E-state index is 13.8. The van der Waals surface area contributed by atoms with Gasteiger partial charge in [0, 0.05) is 9.35 Å². The third-order valence-corrected chi connectivity index (χ3v) is 5.90. The molecule has 1 amide bonds. The summed E-state index contributed by atoms with van der Waals surface area (Å²) >= 11 is 4.72. The highest BCUT2D eigenvalue weighted by molar-refractivity contribution is 9.10. The van der Waals surface area contributed by atoms with Crippen molar-refractivity contribution in [3.05, 3.63) is 55.6 Å². The van der Waals surface area contributed by atoms with E-state index in [-0.39, 0.29) is 17.8 Å². The zero-order valence-corrected chi connectivity index (χ0v) is 15.4. The van der Waals surface area contributed by atoms with E-state index in [2.05, 4.69) is 26.2 Å². The van der Waals surface area contributed by atoms with Crippen molar-refractivity contribution in [3.8, 4) is 0 Å². The van der Waals surface area contributed by atoms with Crippen molar-refractivity contribution in [2.24, 2.45) is 0 Å². The summed E-state index contributed by atoms with van der Waals surface area (Å²) in [6.07, 6.45) is 4.30. The lowest BCUT2D eigenvalue weighted by Crippen LogP contribution is -2.28. The van der Waals surface area contributed by atoms with E-state index >= 15 is 0 Å². The summed E-state index contributed by atoms with van der Waals surface area (Å²) in [5, 5.41) is 3.12. The quantitative estimate of drug-likeness (QED) is 0.703. The van der Waals surface area contributed by atoms with E-state index in [1.165, 1.54) is 27.9 Å². The lowest BCUT2D eigenvalue weighted by atomic mass is 10.2. The topological polar surface area (TPSA) is 64.0 Å². The smallest absolute Gasteiger partial charge is 0.262 e. The van der Waals surface area contributed by atoms with Crippen molar-refractivity contribution in [2.75, 3.05) is 5.32 Å². The number of hydrogen-bond donors (Lipinski definition) is 1. The minimum Gasteiger partial charge on any atom is -0.322 e. The van der Waals surface area contributed by atoms with E-state index in [9.17, 15) is 14.0 Å². The monoisotopic (exact) mass is 421 g/mol. The average Bonchev–Trinajstić information content (AvgIpc) is 3.13. The van der Waals surface area contributed by atoms with Crippen LogP contribution in [0.3, 0.4) is 0 Å². The van der Waals surface area contributed by atoms with Gasteiger partial charge < -0.3 is 5.32 Å². The van der Waals surface area contributed by atoms with Crippen LogP contribution in [0.15, 0.2) is 33.8 Å². The zero-order chi connectivity index (χ0) is 17.6. The highest BCUT2D eigenvalue weighted by Gasteiger charge is 2.21. The van der Waals surface area contributed by atoms with Crippen LogP contribution in [0.4, 0.5) is 10.1 Å². The summed E-state index contributed by atoms with van der Waals surface area (Å²) in [5.74, 6) is -1.02. The van der Waals surface area contributed by atoms with E-state index < -0.39 is 11.7 Å². The molecule has 4 rings (SSSR count). The molecule has 128 valence electrons. The van der Waals surface area contributed by atoms with Crippen LogP contribution in [0.1, 0.15) is 16.9 Å². The van der Waals surface area contributed by atoms with Gasteiger partial charge in [0.1, 0.15) is 17.2 Å². The number of benzene rings is 1. The van der Waals surface area contributed by atoms with Crippen molar-refractivity contribution in [1.29, 1.82) is 0 Å². The first kappa shape index (κ1) is 16.4. The first-order valence-corrected chi connectivity index (χ1v) is 9.38. The Labute approximate surface area is 154 Å². The van der Waals surface area contributed by atoms with Crippen LogP contribution in [-0.4, -0.2) is 15.5 Å². The molecule has 2 aromatic heterocycles. The van der Waals surface area contributed by atoms with Crippen molar-refractivity contribution in [3.63, 3.8) is 0 Å². The molecule has 1 aliphatic carbocycles. The highest BCUT2D eigenvalue weighted by atomic mass is 79.9. The Morgan fingerprint density at radius 1 is 1.40 bits per heavy atom. The second-order valence-electron chi connectivity index (χ2n) is 5.89. The molecule has 0 radical (unpaired) electrons. The highest BCUT2D eigenvalue weighted by Crippen LogP contribution is 2.34. The van der Waals surface area contributed by atoms with Gasteiger partial charge in [-0.3, -0.25) is 14.2 Å². The van der Waals surface area contributed by atoms with Gasteiger partial charge in [-0.2, -0.15) is 0 Å². The summed E-state index contributed by atoms with van der Waals surface area (Å²) in [7, 11) is 0. The molecule has 1 N–H and O–H groups in total. The molecule has 8 heteroatoms. The van der Waals surface area contributed by atoms with Gasteiger partial charge in [0.05, 0.1) is 17.4 Å². The van der Waals surface area contributed by atoms with E-state index in [4.69, 9.17) is 0 Å². The molecular weight excluding hydrogens is 409 g/mol. The van der Waals surface area contributed by atoms with Crippen LogP contribution in [0, 0.1) is 5.82 Å². The molecule has 0 aliphatic heterocycles. The number of aromatic nitrogens is 2. The van der Waals surface area contributed by atoms with Crippen LogP contribution in [0.2, 0.25) is 0 Å². The molecule has 0 saturated carbocycles. The molecule has 0 saturated heterocycles. The normalized spacial score (nSPS) is 13.2. The average molecular weight is 422 g/mol. The summed E-state index contributed by atoms with van der Waals surface area (Å²) in [6.45, 7) is -0.206. The Morgan fingerprint density at radius 3 is 3.04 bits per heavy atom. The summed E-state index contributed by atoms with van der Waals surface area (Å²) < 4.78 is 15.7. The second kappa shape index (κ2) is 6.34. The number of thiophene rings is 1. The predicted octanol–water partition coefficient (Wildman–Crippen LogP) is 3.49. The molecule has 0 bridgehead atoms. The maximum Gasteiger partial charge on any atom is 0.262 e. The Hall–Kier alpha value is -2.06. The van der Waals surface area contributed by atoms with Gasteiger partial charge in [-0.25, -0.2) is 9.37 Å². The number of nitrogens with zero attached hydrogens (tertiary/aromatic N) is 2. The van der Waals surface area contributed by atoms with Crippen LogP contribution >= 0.6 is 27.3 Å². The number of halogens is 2. The third-order valence-electron chi connectivity index (χ3n) is 4.21. The summed E-state index contributed by atoms with van der Waals surface area (Å²) in [4.78, 5) is 31.2. The molecule has 1 aromatic carbocycles. The lowest BCUT2D eigenvalue weighted by Gasteiger charge is -2.08. The number of rotatable bonds is 3. The van der Waals surface area contributed by atoms with Gasteiger partial charge in [0.15, 0.2) is 0 Å². The van der Waals surface area contributed by atoms with Crippen molar-refractivity contribution < 1.29 is 9.18 Å². The molecule has 1 aliphatic rings. The molecule has 3 aromatic rings. The van der Waals surface area contributed by atoms with Gasteiger partial charge in [-0.15, -0.1) is 11.3 Å². The van der Waals surface area contributed by atoms with E-state index in [1.54, 1.807) is 17.4 Å². The fraction of sp³-hybridized carbons (Fsp3) is 0.235. The molecule has 0 atom stereocenters. The second-order valence-corrected chi connectivity index (χ2v) is 7.89. The summed E-state index contributed by atoms with van der Waals surface area (Å²) in [6, 6.07) is 4.37. The van der Waals surface area contributed by atoms with E-state index in [1.807, 2.05) is 0 Å².